The average Bonchev–Trinajstić information content (AvgIpc) is 3.22. The highest BCUT2D eigenvalue weighted by molar-refractivity contribution is 6.76. The lowest BCUT2D eigenvalue weighted by atomic mass is 10.1. The molecule has 1 amide bonds. The Labute approximate surface area is 239 Å². The van der Waals surface area contributed by atoms with E-state index in [0.29, 0.717) is 18.7 Å². The maximum Gasteiger partial charge on any atom is 0.271 e. The third-order valence-electron chi connectivity index (χ3n) is 5.62. The van der Waals surface area contributed by atoms with E-state index in [1.807, 2.05) is 19.0 Å². The Bertz CT molecular complexity index is 1370. The standard InChI is InChI=1S/C27H32Cl2FN5O3Si/c1-34(2)15-19-10-18(13-31)11-21(12-19)38-25-22(28)7-6-20(23(25)30)14-32-27(36)24-26(29)33-16-35(24)17-37-8-9-39(3,4)5/h6-7,10-12,16H,8-9,14-15,17H2,1-5H3,(H,32,36). The fourth-order valence-electron chi connectivity index (χ4n) is 3.64. The number of nitriles is 1. The molecule has 208 valence electrons. The van der Waals surface area contributed by atoms with Crippen molar-refractivity contribution < 1.29 is 18.7 Å². The number of nitrogens with zero attached hydrogens (tertiary/aromatic N) is 4. The molecule has 0 spiro atoms. The number of imidazole rings is 1. The van der Waals surface area contributed by atoms with Crippen molar-refractivity contribution in [2.45, 2.75) is 45.5 Å². The number of hydrogen-bond acceptors (Lipinski definition) is 6. The molecule has 1 aromatic heterocycles. The van der Waals surface area contributed by atoms with Gasteiger partial charge in [0.2, 0.25) is 0 Å². The predicted molar refractivity (Wildman–Crippen MR) is 153 cm³/mol. The van der Waals surface area contributed by atoms with E-state index in [1.54, 1.807) is 12.1 Å². The Hall–Kier alpha value is -2.94. The average molecular weight is 593 g/mol. The molecule has 1 N–H and O–H groups in total. The van der Waals surface area contributed by atoms with Gasteiger partial charge in [0.25, 0.3) is 5.91 Å². The summed E-state index contributed by atoms with van der Waals surface area (Å²) < 4.78 is 28.5. The Morgan fingerprint density at radius 1 is 1.23 bits per heavy atom. The molecule has 39 heavy (non-hydrogen) atoms. The molecule has 0 saturated carbocycles. The number of ether oxygens (including phenoxy) is 2. The van der Waals surface area contributed by atoms with Crippen LogP contribution in [0.2, 0.25) is 35.9 Å². The van der Waals surface area contributed by atoms with Gasteiger partial charge in [-0.2, -0.15) is 5.26 Å². The molecule has 0 aliphatic rings. The molecular formula is C27H32Cl2FN5O3Si. The van der Waals surface area contributed by atoms with Crippen LogP contribution >= 0.6 is 23.2 Å². The van der Waals surface area contributed by atoms with Crippen molar-refractivity contribution in [1.82, 2.24) is 19.8 Å². The second-order valence-electron chi connectivity index (χ2n) is 10.6. The summed E-state index contributed by atoms with van der Waals surface area (Å²) in [5.74, 6) is -1.18. The van der Waals surface area contributed by atoms with Gasteiger partial charge in [-0.15, -0.1) is 0 Å². The molecule has 0 aliphatic heterocycles. The van der Waals surface area contributed by atoms with Gasteiger partial charge in [0, 0.05) is 33.3 Å². The van der Waals surface area contributed by atoms with E-state index in [0.717, 1.165) is 11.6 Å². The minimum absolute atomic E-state index is 0.0211. The van der Waals surface area contributed by atoms with Crippen LogP contribution in [-0.2, 0) is 24.6 Å². The van der Waals surface area contributed by atoms with E-state index >= 15 is 4.39 Å². The zero-order valence-corrected chi connectivity index (χ0v) is 25.2. The smallest absolute Gasteiger partial charge is 0.271 e. The highest BCUT2D eigenvalue weighted by Crippen LogP contribution is 2.35. The number of carbonyl (C=O) groups is 1. The fraction of sp³-hybridized carbons (Fsp3) is 0.370. The van der Waals surface area contributed by atoms with Crippen LogP contribution in [0.25, 0.3) is 0 Å². The van der Waals surface area contributed by atoms with Gasteiger partial charge in [-0.3, -0.25) is 4.79 Å². The van der Waals surface area contributed by atoms with Gasteiger partial charge < -0.3 is 24.3 Å². The molecule has 3 aromatic rings. The molecule has 0 atom stereocenters. The van der Waals surface area contributed by atoms with Crippen LogP contribution in [-0.4, -0.2) is 49.1 Å². The number of halogens is 3. The predicted octanol–water partition coefficient (Wildman–Crippen LogP) is 6.30. The van der Waals surface area contributed by atoms with Gasteiger partial charge in [0.15, 0.2) is 16.7 Å². The van der Waals surface area contributed by atoms with Crippen molar-refractivity contribution in [2.75, 3.05) is 20.7 Å². The lowest BCUT2D eigenvalue weighted by molar-refractivity contribution is 0.0789. The molecule has 0 fully saturated rings. The second-order valence-corrected chi connectivity index (χ2v) is 16.9. The molecule has 0 radical (unpaired) electrons. The van der Waals surface area contributed by atoms with Gasteiger partial charge in [-0.1, -0.05) is 48.9 Å². The molecule has 0 unspecified atom stereocenters. The van der Waals surface area contributed by atoms with Gasteiger partial charge in [-0.25, -0.2) is 9.37 Å². The van der Waals surface area contributed by atoms with E-state index in [9.17, 15) is 10.1 Å². The summed E-state index contributed by atoms with van der Waals surface area (Å²) in [4.78, 5) is 18.9. The lowest BCUT2D eigenvalue weighted by Crippen LogP contribution is -2.27. The molecule has 0 saturated heterocycles. The first kappa shape index (κ1) is 30.6. The molecule has 12 heteroatoms. The van der Waals surface area contributed by atoms with Crippen molar-refractivity contribution in [3.8, 4) is 17.6 Å². The largest absolute Gasteiger partial charge is 0.453 e. The molecule has 0 bridgehead atoms. The molecule has 2 aromatic carbocycles. The number of benzene rings is 2. The minimum atomic E-state index is -1.26. The van der Waals surface area contributed by atoms with Crippen LogP contribution in [0.1, 0.15) is 27.2 Å². The third-order valence-corrected chi connectivity index (χ3v) is 7.90. The highest BCUT2D eigenvalue weighted by Gasteiger charge is 2.21. The summed E-state index contributed by atoms with van der Waals surface area (Å²) >= 11 is 12.4. The van der Waals surface area contributed by atoms with E-state index in [2.05, 4.69) is 36.0 Å². The van der Waals surface area contributed by atoms with Gasteiger partial charge in [0.1, 0.15) is 18.2 Å². The Morgan fingerprint density at radius 3 is 2.64 bits per heavy atom. The number of hydrogen-bond donors (Lipinski definition) is 1. The van der Waals surface area contributed by atoms with E-state index in [1.165, 1.54) is 29.1 Å². The minimum Gasteiger partial charge on any atom is -0.453 e. The van der Waals surface area contributed by atoms with Crippen molar-refractivity contribution in [2.24, 2.45) is 0 Å². The quantitative estimate of drug-likeness (QED) is 0.196. The summed E-state index contributed by atoms with van der Waals surface area (Å²) in [5.41, 5.74) is 1.48. The van der Waals surface area contributed by atoms with Crippen LogP contribution < -0.4 is 10.1 Å². The van der Waals surface area contributed by atoms with Crippen molar-refractivity contribution in [1.29, 1.82) is 5.26 Å². The molecule has 1 heterocycles. The molecule has 3 rings (SSSR count). The summed E-state index contributed by atoms with van der Waals surface area (Å²) in [5, 5.41) is 12.1. The van der Waals surface area contributed by atoms with Crippen LogP contribution in [0.15, 0.2) is 36.7 Å². The second kappa shape index (κ2) is 13.4. The summed E-state index contributed by atoms with van der Waals surface area (Å²) in [6.07, 6.45) is 1.43. The first-order chi connectivity index (χ1) is 18.4. The van der Waals surface area contributed by atoms with Crippen LogP contribution in [0.4, 0.5) is 4.39 Å². The first-order valence-electron chi connectivity index (χ1n) is 12.3. The van der Waals surface area contributed by atoms with Crippen LogP contribution in [0.5, 0.6) is 11.5 Å². The number of amides is 1. The maximum absolute atomic E-state index is 15.5. The highest BCUT2D eigenvalue weighted by atomic mass is 35.5. The molecule has 8 nitrogen and oxygen atoms in total. The molecular weight excluding hydrogens is 560 g/mol. The zero-order chi connectivity index (χ0) is 28.7. The van der Waals surface area contributed by atoms with Crippen LogP contribution in [0.3, 0.4) is 0 Å². The topological polar surface area (TPSA) is 92.4 Å². The number of rotatable bonds is 12. The van der Waals surface area contributed by atoms with Gasteiger partial charge in [-0.05, 0) is 50.0 Å². The fourth-order valence-corrected chi connectivity index (χ4v) is 4.82. The van der Waals surface area contributed by atoms with E-state index < -0.39 is 19.8 Å². The number of carbonyl (C=O) groups excluding carboxylic acids is 1. The van der Waals surface area contributed by atoms with E-state index in [4.69, 9.17) is 32.7 Å². The Kier molecular flexibility index (Phi) is 10.5. The third kappa shape index (κ3) is 8.78. The monoisotopic (exact) mass is 591 g/mol. The summed E-state index contributed by atoms with van der Waals surface area (Å²) in [6, 6.07) is 11.0. The van der Waals surface area contributed by atoms with Crippen molar-refractivity contribution in [3.05, 3.63) is 75.0 Å². The van der Waals surface area contributed by atoms with Crippen LogP contribution in [0, 0.1) is 17.1 Å². The van der Waals surface area contributed by atoms with Crippen molar-refractivity contribution in [3.63, 3.8) is 0 Å². The van der Waals surface area contributed by atoms with Gasteiger partial charge >= 0.3 is 0 Å². The number of aromatic nitrogens is 2. The van der Waals surface area contributed by atoms with Gasteiger partial charge in [0.05, 0.1) is 23.0 Å². The SMILES string of the molecule is CN(C)Cc1cc(C#N)cc(Oc2c(Cl)ccc(CNC(=O)c3c(Cl)ncn3COCC[Si](C)(C)C)c2F)c1. The Morgan fingerprint density at radius 2 is 1.97 bits per heavy atom. The lowest BCUT2D eigenvalue weighted by Gasteiger charge is -2.16. The maximum atomic E-state index is 15.5. The normalized spacial score (nSPS) is 11.5. The Balaban J connectivity index is 1.73. The number of nitrogens with one attached hydrogen (secondary N) is 1. The summed E-state index contributed by atoms with van der Waals surface area (Å²) in [6.45, 7) is 7.86. The first-order valence-corrected chi connectivity index (χ1v) is 16.7. The zero-order valence-electron chi connectivity index (χ0n) is 22.6. The summed E-state index contributed by atoms with van der Waals surface area (Å²) in [7, 11) is 2.54. The molecule has 0 aliphatic carbocycles. The van der Waals surface area contributed by atoms with E-state index in [-0.39, 0.29) is 46.2 Å². The van der Waals surface area contributed by atoms with Crippen molar-refractivity contribution >= 4 is 37.2 Å².